The van der Waals surface area contributed by atoms with E-state index in [1.807, 2.05) is 0 Å². The Hall–Kier alpha value is -1.72. The summed E-state index contributed by atoms with van der Waals surface area (Å²) in [5.74, 6) is 0.214. The van der Waals surface area contributed by atoms with Gasteiger partial charge in [-0.3, -0.25) is 4.98 Å². The number of hydrogen-bond acceptors (Lipinski definition) is 4. The van der Waals surface area contributed by atoms with Crippen LogP contribution >= 0.6 is 11.6 Å². The lowest BCUT2D eigenvalue weighted by atomic mass is 10.2. The lowest BCUT2D eigenvalue weighted by Gasteiger charge is -2.08. The van der Waals surface area contributed by atoms with Gasteiger partial charge in [0.2, 0.25) is 5.88 Å². The van der Waals surface area contributed by atoms with Gasteiger partial charge in [0.15, 0.2) is 0 Å². The monoisotopic (exact) mass is 253 g/mol. The third kappa shape index (κ3) is 2.89. The minimum absolute atomic E-state index is 0.133. The van der Waals surface area contributed by atoms with Gasteiger partial charge in [0.25, 0.3) is 0 Å². The van der Waals surface area contributed by atoms with Gasteiger partial charge in [0, 0.05) is 24.4 Å². The van der Waals surface area contributed by atoms with Crippen LogP contribution in [0.2, 0.25) is 5.02 Å². The molecule has 2 heterocycles. The predicted octanol–water partition coefficient (Wildman–Crippen LogP) is 2.52. The molecule has 2 rings (SSSR count). The zero-order chi connectivity index (χ0) is 12.3. The Morgan fingerprint density at radius 1 is 1.29 bits per heavy atom. The van der Waals surface area contributed by atoms with Crippen LogP contribution in [-0.4, -0.2) is 9.97 Å². The molecule has 2 aromatic rings. The number of nitrogens with two attached hydrogens (primary N) is 1. The second kappa shape index (κ2) is 5.07. The molecule has 88 valence electrons. The molecule has 0 bridgehead atoms. The fourth-order valence-corrected chi connectivity index (χ4v) is 1.43. The van der Waals surface area contributed by atoms with Crippen LogP contribution in [0, 0.1) is 5.82 Å². The number of rotatable bonds is 3. The van der Waals surface area contributed by atoms with Crippen LogP contribution in [0.25, 0.3) is 0 Å². The van der Waals surface area contributed by atoms with Crippen molar-refractivity contribution in [3.05, 3.63) is 47.1 Å². The minimum Gasteiger partial charge on any atom is -0.437 e. The largest absolute Gasteiger partial charge is 0.437 e. The van der Waals surface area contributed by atoms with Crippen molar-refractivity contribution >= 4 is 11.6 Å². The molecule has 0 unspecified atom stereocenters. The first-order valence-corrected chi connectivity index (χ1v) is 5.19. The molecule has 0 radical (unpaired) electrons. The average Bonchev–Trinajstić information content (AvgIpc) is 2.31. The fraction of sp³-hybridized carbons (Fsp3) is 0.0909. The summed E-state index contributed by atoms with van der Waals surface area (Å²) in [5.41, 5.74) is 5.95. The molecule has 0 amide bonds. The summed E-state index contributed by atoms with van der Waals surface area (Å²) in [6.45, 7) is 0.133. The van der Waals surface area contributed by atoms with Crippen molar-refractivity contribution < 1.29 is 9.13 Å². The first-order chi connectivity index (χ1) is 8.19. The highest BCUT2D eigenvalue weighted by Gasteiger charge is 2.07. The lowest BCUT2D eigenvalue weighted by Crippen LogP contribution is -2.02. The summed E-state index contributed by atoms with van der Waals surface area (Å²) in [5, 5.41) is 0.443. The van der Waals surface area contributed by atoms with Crippen molar-refractivity contribution in [2.75, 3.05) is 0 Å². The highest BCUT2D eigenvalue weighted by atomic mass is 35.5. The number of hydrogen-bond donors (Lipinski definition) is 1. The van der Waals surface area contributed by atoms with Crippen LogP contribution in [0.5, 0.6) is 11.6 Å². The number of nitrogens with zero attached hydrogens (tertiary/aromatic N) is 2. The van der Waals surface area contributed by atoms with Gasteiger partial charge >= 0.3 is 0 Å². The van der Waals surface area contributed by atoms with Crippen molar-refractivity contribution in [1.29, 1.82) is 0 Å². The molecule has 0 spiro atoms. The van der Waals surface area contributed by atoms with E-state index in [4.69, 9.17) is 22.1 Å². The zero-order valence-corrected chi connectivity index (χ0v) is 9.49. The van der Waals surface area contributed by atoms with E-state index in [0.29, 0.717) is 16.3 Å². The zero-order valence-electron chi connectivity index (χ0n) is 8.73. The van der Waals surface area contributed by atoms with E-state index in [-0.39, 0.29) is 12.4 Å². The fourth-order valence-electron chi connectivity index (χ4n) is 1.27. The smallest absolute Gasteiger partial charge is 0.223 e. The molecule has 4 nitrogen and oxygen atoms in total. The molecule has 0 aliphatic rings. The normalized spacial score (nSPS) is 10.3. The van der Waals surface area contributed by atoms with Crippen molar-refractivity contribution in [3.8, 4) is 11.6 Å². The molecule has 0 atom stereocenters. The molecular weight excluding hydrogens is 245 g/mol. The maximum absolute atomic E-state index is 12.9. The predicted molar refractivity (Wildman–Crippen MR) is 61.4 cm³/mol. The summed E-state index contributed by atoms with van der Waals surface area (Å²) in [7, 11) is 0. The van der Waals surface area contributed by atoms with Gasteiger partial charge < -0.3 is 10.5 Å². The average molecular weight is 254 g/mol. The summed E-state index contributed by atoms with van der Waals surface area (Å²) in [4.78, 5) is 7.69. The van der Waals surface area contributed by atoms with E-state index >= 15 is 0 Å². The Bertz CT molecular complexity index is 536. The third-order valence-corrected chi connectivity index (χ3v) is 2.21. The van der Waals surface area contributed by atoms with E-state index in [2.05, 4.69) is 9.97 Å². The SMILES string of the molecule is NCc1cc(F)cnc1Oc1cncc(Cl)c1. The first-order valence-electron chi connectivity index (χ1n) is 4.82. The maximum Gasteiger partial charge on any atom is 0.223 e. The van der Waals surface area contributed by atoms with Gasteiger partial charge in [-0.15, -0.1) is 0 Å². The number of pyridine rings is 2. The van der Waals surface area contributed by atoms with E-state index in [9.17, 15) is 4.39 Å². The summed E-state index contributed by atoms with van der Waals surface area (Å²) in [6, 6.07) is 2.86. The number of aromatic nitrogens is 2. The van der Waals surface area contributed by atoms with Gasteiger partial charge in [-0.25, -0.2) is 9.37 Å². The Kier molecular flexibility index (Phi) is 3.51. The van der Waals surface area contributed by atoms with Crippen LogP contribution in [0.1, 0.15) is 5.56 Å². The molecule has 0 saturated heterocycles. The quantitative estimate of drug-likeness (QED) is 0.913. The molecule has 17 heavy (non-hydrogen) atoms. The van der Waals surface area contributed by atoms with Crippen LogP contribution in [0.3, 0.4) is 0 Å². The van der Waals surface area contributed by atoms with E-state index < -0.39 is 5.82 Å². The Morgan fingerprint density at radius 2 is 2.12 bits per heavy atom. The van der Waals surface area contributed by atoms with Gasteiger partial charge in [0.05, 0.1) is 17.4 Å². The van der Waals surface area contributed by atoms with Crippen LogP contribution in [-0.2, 0) is 6.54 Å². The van der Waals surface area contributed by atoms with Gasteiger partial charge in [-0.05, 0) is 6.07 Å². The molecule has 0 aliphatic heterocycles. The van der Waals surface area contributed by atoms with Crippen LogP contribution in [0.15, 0.2) is 30.7 Å². The standard InChI is InChI=1S/C11H9ClFN3O/c12-8-2-10(6-15-4-8)17-11-7(3-14)1-9(13)5-16-11/h1-2,4-6H,3,14H2. The van der Waals surface area contributed by atoms with E-state index in [1.165, 1.54) is 18.5 Å². The van der Waals surface area contributed by atoms with Crippen LogP contribution in [0.4, 0.5) is 4.39 Å². The Labute approximate surface area is 102 Å². The Balaban J connectivity index is 2.29. The second-order valence-corrected chi connectivity index (χ2v) is 3.70. The molecular formula is C11H9ClFN3O. The second-order valence-electron chi connectivity index (χ2n) is 3.26. The first kappa shape index (κ1) is 11.8. The summed E-state index contributed by atoms with van der Waals surface area (Å²) in [6.07, 6.45) is 4.03. The molecule has 0 aliphatic carbocycles. The van der Waals surface area contributed by atoms with Gasteiger partial charge in [-0.1, -0.05) is 11.6 Å². The van der Waals surface area contributed by atoms with E-state index in [0.717, 1.165) is 6.20 Å². The van der Waals surface area contributed by atoms with Crippen molar-refractivity contribution in [1.82, 2.24) is 9.97 Å². The number of halogens is 2. The van der Waals surface area contributed by atoms with Gasteiger partial charge in [0.1, 0.15) is 11.6 Å². The third-order valence-electron chi connectivity index (χ3n) is 2.01. The highest BCUT2D eigenvalue weighted by Crippen LogP contribution is 2.24. The Morgan fingerprint density at radius 3 is 2.82 bits per heavy atom. The molecule has 0 saturated carbocycles. The molecule has 0 aromatic carbocycles. The topological polar surface area (TPSA) is 61.0 Å². The van der Waals surface area contributed by atoms with Gasteiger partial charge in [-0.2, -0.15) is 0 Å². The lowest BCUT2D eigenvalue weighted by molar-refractivity contribution is 0.450. The van der Waals surface area contributed by atoms with Crippen molar-refractivity contribution in [2.45, 2.75) is 6.54 Å². The molecule has 0 fully saturated rings. The molecule has 2 N–H and O–H groups in total. The number of ether oxygens (including phenoxy) is 1. The molecule has 6 heteroatoms. The molecule has 2 aromatic heterocycles. The van der Waals surface area contributed by atoms with Crippen LogP contribution < -0.4 is 10.5 Å². The van der Waals surface area contributed by atoms with E-state index in [1.54, 1.807) is 6.07 Å². The summed E-state index contributed by atoms with van der Waals surface area (Å²) < 4.78 is 18.4. The van der Waals surface area contributed by atoms with Crippen molar-refractivity contribution in [2.24, 2.45) is 5.73 Å². The summed E-state index contributed by atoms with van der Waals surface area (Å²) >= 11 is 5.76. The van der Waals surface area contributed by atoms with Crippen molar-refractivity contribution in [3.63, 3.8) is 0 Å². The maximum atomic E-state index is 12.9. The minimum atomic E-state index is -0.456. The highest BCUT2D eigenvalue weighted by molar-refractivity contribution is 6.30.